The van der Waals surface area contributed by atoms with Crippen LogP contribution in [0.2, 0.25) is 0 Å². The molecule has 1 aliphatic heterocycles. The molecule has 1 saturated heterocycles. The van der Waals surface area contributed by atoms with Crippen molar-refractivity contribution < 1.29 is 4.74 Å². The van der Waals surface area contributed by atoms with E-state index < -0.39 is 0 Å². The van der Waals surface area contributed by atoms with Crippen molar-refractivity contribution in [2.24, 2.45) is 0 Å². The summed E-state index contributed by atoms with van der Waals surface area (Å²) in [5.74, 6) is 2.19. The van der Waals surface area contributed by atoms with Crippen molar-refractivity contribution in [3.05, 3.63) is 42.5 Å². The summed E-state index contributed by atoms with van der Waals surface area (Å²) in [6.07, 6.45) is 0. The average molecular weight is 256 g/mol. The molecule has 1 fully saturated rings. The van der Waals surface area contributed by atoms with Crippen LogP contribution in [0, 0.1) is 0 Å². The van der Waals surface area contributed by atoms with Crippen LogP contribution < -0.4 is 15.0 Å². The Bertz CT molecular complexity index is 509. The molecule has 5 heteroatoms. The predicted molar refractivity (Wildman–Crippen MR) is 73.6 cm³/mol. The molecular weight excluding hydrogens is 240 g/mol. The van der Waals surface area contributed by atoms with Gasteiger partial charge in [-0.3, -0.25) is 0 Å². The third-order valence-electron chi connectivity index (χ3n) is 3.03. The molecule has 2 aromatic rings. The fraction of sp³-hybridized carbons (Fsp3) is 0.286. The van der Waals surface area contributed by atoms with Crippen LogP contribution >= 0.6 is 0 Å². The van der Waals surface area contributed by atoms with E-state index in [1.54, 1.807) is 0 Å². The van der Waals surface area contributed by atoms with Crippen LogP contribution in [0.5, 0.6) is 11.6 Å². The highest BCUT2D eigenvalue weighted by Gasteiger charge is 2.12. The van der Waals surface area contributed by atoms with Crippen LogP contribution in [-0.2, 0) is 0 Å². The van der Waals surface area contributed by atoms with E-state index in [1.807, 2.05) is 42.5 Å². The summed E-state index contributed by atoms with van der Waals surface area (Å²) < 4.78 is 5.62. The number of hydrogen-bond acceptors (Lipinski definition) is 5. The fourth-order valence-electron chi connectivity index (χ4n) is 2.04. The molecule has 3 rings (SSSR count). The van der Waals surface area contributed by atoms with Crippen molar-refractivity contribution >= 4 is 5.82 Å². The minimum Gasteiger partial charge on any atom is -0.438 e. The third kappa shape index (κ3) is 3.00. The normalized spacial score (nSPS) is 15.3. The Morgan fingerprint density at radius 3 is 2.42 bits per heavy atom. The molecule has 19 heavy (non-hydrogen) atoms. The van der Waals surface area contributed by atoms with Crippen LogP contribution in [0.3, 0.4) is 0 Å². The first-order valence-electron chi connectivity index (χ1n) is 6.44. The first kappa shape index (κ1) is 11.9. The van der Waals surface area contributed by atoms with E-state index in [2.05, 4.69) is 20.4 Å². The van der Waals surface area contributed by atoms with Crippen LogP contribution in [0.25, 0.3) is 0 Å². The van der Waals surface area contributed by atoms with E-state index in [9.17, 15) is 0 Å². The van der Waals surface area contributed by atoms with Crippen LogP contribution in [0.4, 0.5) is 5.82 Å². The van der Waals surface area contributed by atoms with Gasteiger partial charge in [0.05, 0.1) is 0 Å². The van der Waals surface area contributed by atoms with Gasteiger partial charge in [0.15, 0.2) is 5.82 Å². The van der Waals surface area contributed by atoms with Crippen LogP contribution in [-0.4, -0.2) is 36.4 Å². The first-order valence-corrected chi connectivity index (χ1v) is 6.44. The van der Waals surface area contributed by atoms with Gasteiger partial charge in [-0.1, -0.05) is 18.2 Å². The Morgan fingerprint density at radius 1 is 0.947 bits per heavy atom. The smallest absolute Gasteiger partial charge is 0.238 e. The highest BCUT2D eigenvalue weighted by molar-refractivity contribution is 5.39. The van der Waals surface area contributed by atoms with Gasteiger partial charge in [0.2, 0.25) is 5.88 Å². The number of benzene rings is 1. The molecule has 0 spiro atoms. The molecule has 1 N–H and O–H groups in total. The maximum Gasteiger partial charge on any atom is 0.238 e. The Labute approximate surface area is 112 Å². The Kier molecular flexibility index (Phi) is 3.56. The first-order chi connectivity index (χ1) is 9.42. The van der Waals surface area contributed by atoms with Gasteiger partial charge in [0.25, 0.3) is 0 Å². The number of ether oxygens (including phenoxy) is 1. The van der Waals surface area contributed by atoms with Crippen LogP contribution in [0.15, 0.2) is 42.5 Å². The summed E-state index contributed by atoms with van der Waals surface area (Å²) in [4.78, 5) is 2.22. The molecule has 0 bridgehead atoms. The number of rotatable bonds is 3. The number of nitrogens with zero attached hydrogens (tertiary/aromatic N) is 3. The summed E-state index contributed by atoms with van der Waals surface area (Å²) in [6.45, 7) is 3.91. The number of anilines is 1. The standard InChI is InChI=1S/C14H16N4O/c1-2-4-12(5-3-1)19-14-7-6-13(16-17-14)18-10-8-15-9-11-18/h1-7,15H,8-11H2. The monoisotopic (exact) mass is 256 g/mol. The van der Waals surface area contributed by atoms with Gasteiger partial charge in [0, 0.05) is 32.2 Å². The molecule has 5 nitrogen and oxygen atoms in total. The molecule has 0 radical (unpaired) electrons. The zero-order chi connectivity index (χ0) is 12.9. The second-order valence-electron chi connectivity index (χ2n) is 4.38. The van der Waals surface area contributed by atoms with Gasteiger partial charge in [0.1, 0.15) is 5.75 Å². The largest absolute Gasteiger partial charge is 0.438 e. The lowest BCUT2D eigenvalue weighted by molar-refractivity contribution is 0.454. The highest BCUT2D eigenvalue weighted by Crippen LogP contribution is 2.19. The van der Waals surface area contributed by atoms with Gasteiger partial charge < -0.3 is 15.0 Å². The lowest BCUT2D eigenvalue weighted by atomic mass is 10.3. The van der Waals surface area contributed by atoms with E-state index in [-0.39, 0.29) is 0 Å². The quantitative estimate of drug-likeness (QED) is 0.905. The molecule has 0 amide bonds. The summed E-state index contributed by atoms with van der Waals surface area (Å²) in [6, 6.07) is 13.4. The second kappa shape index (κ2) is 5.67. The van der Waals surface area contributed by atoms with Gasteiger partial charge in [-0.15, -0.1) is 10.2 Å². The molecule has 98 valence electrons. The molecule has 0 atom stereocenters. The number of hydrogen-bond donors (Lipinski definition) is 1. The molecule has 2 heterocycles. The molecule has 0 unspecified atom stereocenters. The fourth-order valence-corrected chi connectivity index (χ4v) is 2.04. The van der Waals surface area contributed by atoms with Crippen molar-refractivity contribution in [1.82, 2.24) is 15.5 Å². The van der Waals surface area contributed by atoms with Gasteiger partial charge in [-0.05, 0) is 18.2 Å². The maximum absolute atomic E-state index is 5.62. The minimum absolute atomic E-state index is 0.519. The topological polar surface area (TPSA) is 50.3 Å². The zero-order valence-corrected chi connectivity index (χ0v) is 10.6. The summed E-state index contributed by atoms with van der Waals surface area (Å²) in [5.41, 5.74) is 0. The van der Waals surface area contributed by atoms with Crippen molar-refractivity contribution in [3.8, 4) is 11.6 Å². The second-order valence-corrected chi connectivity index (χ2v) is 4.38. The average Bonchev–Trinajstić information content (AvgIpc) is 2.50. The molecule has 1 aliphatic rings. The van der Waals surface area contributed by atoms with E-state index in [1.165, 1.54) is 0 Å². The van der Waals surface area contributed by atoms with Crippen molar-refractivity contribution in [1.29, 1.82) is 0 Å². The molecule has 0 aliphatic carbocycles. The molecular formula is C14H16N4O. The van der Waals surface area contributed by atoms with Crippen molar-refractivity contribution in [2.45, 2.75) is 0 Å². The Morgan fingerprint density at radius 2 is 1.74 bits per heavy atom. The summed E-state index contributed by atoms with van der Waals surface area (Å²) in [5, 5.41) is 11.7. The zero-order valence-electron chi connectivity index (χ0n) is 10.6. The van der Waals surface area contributed by atoms with Crippen molar-refractivity contribution in [2.75, 3.05) is 31.1 Å². The SMILES string of the molecule is c1ccc(Oc2ccc(N3CCNCC3)nn2)cc1. The van der Waals surface area contributed by atoms with E-state index >= 15 is 0 Å². The van der Waals surface area contributed by atoms with Gasteiger partial charge in [-0.2, -0.15) is 0 Å². The lowest BCUT2D eigenvalue weighted by Gasteiger charge is -2.27. The predicted octanol–water partition coefficient (Wildman–Crippen LogP) is 1.68. The third-order valence-corrected chi connectivity index (χ3v) is 3.03. The number of nitrogens with one attached hydrogen (secondary N) is 1. The van der Waals surface area contributed by atoms with E-state index in [0.717, 1.165) is 37.7 Å². The summed E-state index contributed by atoms with van der Waals surface area (Å²) in [7, 11) is 0. The highest BCUT2D eigenvalue weighted by atomic mass is 16.5. The Balaban J connectivity index is 1.68. The van der Waals surface area contributed by atoms with E-state index in [0.29, 0.717) is 5.88 Å². The lowest BCUT2D eigenvalue weighted by Crippen LogP contribution is -2.43. The Hall–Kier alpha value is -2.14. The number of aromatic nitrogens is 2. The van der Waals surface area contributed by atoms with Crippen LogP contribution in [0.1, 0.15) is 0 Å². The molecule has 1 aromatic heterocycles. The molecule has 1 aromatic carbocycles. The number of piperazine rings is 1. The maximum atomic E-state index is 5.62. The van der Waals surface area contributed by atoms with Gasteiger partial charge in [-0.25, -0.2) is 0 Å². The van der Waals surface area contributed by atoms with E-state index in [4.69, 9.17) is 4.74 Å². The number of para-hydroxylation sites is 1. The van der Waals surface area contributed by atoms with Crippen molar-refractivity contribution in [3.63, 3.8) is 0 Å². The van der Waals surface area contributed by atoms with Gasteiger partial charge >= 0.3 is 0 Å². The minimum atomic E-state index is 0.519. The molecule has 0 saturated carbocycles. The summed E-state index contributed by atoms with van der Waals surface area (Å²) >= 11 is 0.